The molecule has 1 aliphatic heterocycles. The number of nitro benzene ring substituents is 1. The minimum absolute atomic E-state index is 0.0295. The SMILES string of the molecule is COC(=O)C1C(C)=Nc2scc(CC3CCCCC3)c2C1c1cccc([N+](=O)[O-])c1. The second kappa shape index (κ2) is 8.68. The molecule has 0 amide bonds. The van der Waals surface area contributed by atoms with E-state index in [1.165, 1.54) is 50.8 Å². The molecule has 6 nitrogen and oxygen atoms in total. The quantitative estimate of drug-likeness (QED) is 0.343. The van der Waals surface area contributed by atoms with Crippen LogP contribution in [0.4, 0.5) is 10.7 Å². The Morgan fingerprint density at radius 2 is 2.07 bits per heavy atom. The molecular weight excluding hydrogens is 400 g/mol. The summed E-state index contributed by atoms with van der Waals surface area (Å²) in [4.78, 5) is 28.5. The average Bonchev–Trinajstić information content (AvgIpc) is 3.15. The highest BCUT2D eigenvalue weighted by Gasteiger charge is 2.41. The standard InChI is InChI=1S/C23H26N2O4S/c1-14-19(23(26)29-2)20(16-9-6-10-18(12-16)25(27)28)21-17(13-30-22(21)24-14)11-15-7-4-3-5-8-15/h6,9-10,12-13,15,19-20H,3-5,7-8,11H2,1-2H3. The molecule has 158 valence electrons. The number of non-ortho nitro benzene ring substituents is 1. The van der Waals surface area contributed by atoms with Gasteiger partial charge < -0.3 is 4.74 Å². The Bertz CT molecular complexity index is 991. The molecule has 4 rings (SSSR count). The van der Waals surface area contributed by atoms with Crippen LogP contribution in [0.2, 0.25) is 0 Å². The first-order valence-electron chi connectivity index (χ1n) is 10.5. The largest absolute Gasteiger partial charge is 0.468 e. The smallest absolute Gasteiger partial charge is 0.315 e. The van der Waals surface area contributed by atoms with E-state index in [2.05, 4.69) is 5.38 Å². The zero-order chi connectivity index (χ0) is 21.3. The van der Waals surface area contributed by atoms with Crippen molar-refractivity contribution >= 4 is 33.7 Å². The Morgan fingerprint density at radius 3 is 2.77 bits per heavy atom. The van der Waals surface area contributed by atoms with E-state index < -0.39 is 10.8 Å². The van der Waals surface area contributed by atoms with Crippen molar-refractivity contribution in [3.05, 3.63) is 56.5 Å². The van der Waals surface area contributed by atoms with Crippen molar-refractivity contribution in [1.82, 2.24) is 0 Å². The van der Waals surface area contributed by atoms with Gasteiger partial charge in [-0.05, 0) is 35.8 Å². The van der Waals surface area contributed by atoms with Crippen LogP contribution in [0.3, 0.4) is 0 Å². The molecule has 2 aliphatic rings. The minimum Gasteiger partial charge on any atom is -0.468 e. The maximum atomic E-state index is 12.8. The van der Waals surface area contributed by atoms with E-state index in [9.17, 15) is 14.9 Å². The second-order valence-electron chi connectivity index (χ2n) is 8.27. The predicted molar refractivity (Wildman–Crippen MR) is 118 cm³/mol. The maximum absolute atomic E-state index is 12.8. The Hall–Kier alpha value is -2.54. The fourth-order valence-electron chi connectivity index (χ4n) is 4.93. The molecule has 30 heavy (non-hydrogen) atoms. The highest BCUT2D eigenvalue weighted by atomic mass is 32.1. The third-order valence-corrected chi connectivity index (χ3v) is 7.33. The maximum Gasteiger partial charge on any atom is 0.315 e. The molecule has 0 radical (unpaired) electrons. The first-order valence-corrected chi connectivity index (χ1v) is 11.3. The fraction of sp³-hybridized carbons (Fsp3) is 0.478. The van der Waals surface area contributed by atoms with Gasteiger partial charge in [0.2, 0.25) is 0 Å². The molecule has 0 spiro atoms. The molecule has 2 atom stereocenters. The van der Waals surface area contributed by atoms with Crippen LogP contribution in [0.25, 0.3) is 0 Å². The van der Waals surface area contributed by atoms with Gasteiger partial charge in [-0.25, -0.2) is 4.99 Å². The van der Waals surface area contributed by atoms with E-state index in [4.69, 9.17) is 9.73 Å². The number of hydrogen-bond acceptors (Lipinski definition) is 6. The molecule has 7 heteroatoms. The van der Waals surface area contributed by atoms with Crippen LogP contribution in [0.1, 0.15) is 61.6 Å². The zero-order valence-corrected chi connectivity index (χ0v) is 18.1. The van der Waals surface area contributed by atoms with Crippen LogP contribution >= 0.6 is 11.3 Å². The number of esters is 1. The van der Waals surface area contributed by atoms with Gasteiger partial charge in [-0.3, -0.25) is 14.9 Å². The summed E-state index contributed by atoms with van der Waals surface area (Å²) in [5.41, 5.74) is 3.76. The molecule has 0 saturated heterocycles. The Labute approximate surface area is 180 Å². The van der Waals surface area contributed by atoms with Crippen LogP contribution in [-0.2, 0) is 16.0 Å². The van der Waals surface area contributed by atoms with Crippen molar-refractivity contribution in [3.8, 4) is 0 Å². The number of carbonyl (C=O) groups excluding carboxylic acids is 1. The number of nitro groups is 1. The summed E-state index contributed by atoms with van der Waals surface area (Å²) in [7, 11) is 1.38. The van der Waals surface area contributed by atoms with Crippen LogP contribution in [0, 0.1) is 22.0 Å². The summed E-state index contributed by atoms with van der Waals surface area (Å²) in [6.45, 7) is 1.84. The van der Waals surface area contributed by atoms with Gasteiger partial charge >= 0.3 is 5.97 Å². The number of nitrogens with zero attached hydrogens (tertiary/aromatic N) is 2. The summed E-state index contributed by atoms with van der Waals surface area (Å²) >= 11 is 1.60. The Morgan fingerprint density at radius 1 is 1.30 bits per heavy atom. The first-order chi connectivity index (χ1) is 14.5. The minimum atomic E-state index is -0.579. The van der Waals surface area contributed by atoms with Gasteiger partial charge in [-0.1, -0.05) is 44.2 Å². The van der Waals surface area contributed by atoms with Gasteiger partial charge in [-0.15, -0.1) is 11.3 Å². The van der Waals surface area contributed by atoms with Crippen LogP contribution in [0.15, 0.2) is 34.6 Å². The molecule has 2 aromatic rings. The molecule has 0 N–H and O–H groups in total. The number of carbonyl (C=O) groups is 1. The zero-order valence-electron chi connectivity index (χ0n) is 17.3. The van der Waals surface area contributed by atoms with Crippen molar-refractivity contribution in [2.45, 2.75) is 51.4 Å². The van der Waals surface area contributed by atoms with E-state index in [1.54, 1.807) is 23.5 Å². The number of aliphatic imine (C=N–C) groups is 1. The molecule has 1 aliphatic carbocycles. The van der Waals surface area contributed by atoms with Gasteiger partial charge in [0.15, 0.2) is 0 Å². The molecular formula is C23H26N2O4S. The lowest BCUT2D eigenvalue weighted by atomic mass is 9.74. The van der Waals surface area contributed by atoms with Crippen LogP contribution in [0.5, 0.6) is 0 Å². The van der Waals surface area contributed by atoms with E-state index in [-0.39, 0.29) is 17.6 Å². The monoisotopic (exact) mass is 426 g/mol. The van der Waals surface area contributed by atoms with E-state index >= 15 is 0 Å². The summed E-state index contributed by atoms with van der Waals surface area (Å²) in [5.74, 6) is -0.612. The molecule has 1 fully saturated rings. The van der Waals surface area contributed by atoms with Gasteiger partial charge in [-0.2, -0.15) is 0 Å². The van der Waals surface area contributed by atoms with Gasteiger partial charge in [0.25, 0.3) is 5.69 Å². The van der Waals surface area contributed by atoms with Crippen LogP contribution in [-0.4, -0.2) is 23.7 Å². The fourth-order valence-corrected chi connectivity index (χ4v) is 5.99. The Balaban J connectivity index is 1.82. The number of rotatable bonds is 5. The third kappa shape index (κ3) is 3.90. The molecule has 0 bridgehead atoms. The van der Waals surface area contributed by atoms with E-state index in [0.29, 0.717) is 11.6 Å². The number of hydrogen-bond donors (Lipinski definition) is 0. The lowest BCUT2D eigenvalue weighted by Crippen LogP contribution is -2.33. The number of benzene rings is 1. The number of thiophene rings is 1. The van der Waals surface area contributed by atoms with E-state index in [0.717, 1.165) is 22.5 Å². The third-order valence-electron chi connectivity index (χ3n) is 6.39. The van der Waals surface area contributed by atoms with Crippen molar-refractivity contribution in [1.29, 1.82) is 0 Å². The van der Waals surface area contributed by atoms with Gasteiger partial charge in [0.1, 0.15) is 10.9 Å². The van der Waals surface area contributed by atoms with Gasteiger partial charge in [0.05, 0.1) is 12.0 Å². The topological polar surface area (TPSA) is 81.8 Å². The van der Waals surface area contributed by atoms with Crippen molar-refractivity contribution in [2.24, 2.45) is 16.8 Å². The normalized spacial score (nSPS) is 21.6. The van der Waals surface area contributed by atoms with E-state index in [1.807, 2.05) is 13.0 Å². The van der Waals surface area contributed by atoms with Crippen molar-refractivity contribution < 1.29 is 14.5 Å². The highest BCUT2D eigenvalue weighted by molar-refractivity contribution is 7.14. The lowest BCUT2D eigenvalue weighted by Gasteiger charge is -2.31. The predicted octanol–water partition coefficient (Wildman–Crippen LogP) is 5.81. The first kappa shape index (κ1) is 20.7. The second-order valence-corrected chi connectivity index (χ2v) is 9.13. The lowest BCUT2D eigenvalue weighted by molar-refractivity contribution is -0.384. The van der Waals surface area contributed by atoms with Crippen LogP contribution < -0.4 is 0 Å². The Kier molecular flexibility index (Phi) is 5.99. The molecule has 2 heterocycles. The summed E-state index contributed by atoms with van der Waals surface area (Å²) in [5, 5.41) is 14.5. The van der Waals surface area contributed by atoms with Crippen molar-refractivity contribution in [3.63, 3.8) is 0 Å². The summed E-state index contributed by atoms with van der Waals surface area (Å²) in [6, 6.07) is 6.64. The van der Waals surface area contributed by atoms with Gasteiger partial charge in [0, 0.05) is 29.3 Å². The number of methoxy groups -OCH3 is 1. The number of fused-ring (bicyclic) bond motifs is 1. The molecule has 1 aromatic heterocycles. The number of ether oxygens (including phenoxy) is 1. The molecule has 2 unspecified atom stereocenters. The summed E-state index contributed by atoms with van der Waals surface area (Å²) < 4.78 is 5.12. The summed E-state index contributed by atoms with van der Waals surface area (Å²) in [6.07, 6.45) is 7.28. The van der Waals surface area contributed by atoms with Crippen molar-refractivity contribution in [2.75, 3.05) is 7.11 Å². The molecule has 1 aromatic carbocycles. The average molecular weight is 427 g/mol. The highest BCUT2D eigenvalue weighted by Crippen LogP contribution is 2.49. The molecule has 1 saturated carbocycles.